The maximum absolute atomic E-state index is 12.2. The Hall–Kier alpha value is -2.61. The number of methoxy groups -OCH3 is 1. The number of anilines is 1. The molecule has 8 nitrogen and oxygen atoms in total. The predicted octanol–water partition coefficient (Wildman–Crippen LogP) is 3.87. The summed E-state index contributed by atoms with van der Waals surface area (Å²) in [6, 6.07) is 3.26. The molecule has 8 heteroatoms. The van der Waals surface area contributed by atoms with Gasteiger partial charge in [-0.25, -0.2) is 14.3 Å². The number of hydrogen-bond acceptors (Lipinski definition) is 6. The fourth-order valence-corrected chi connectivity index (χ4v) is 3.04. The molecule has 1 aromatic carbocycles. The molecule has 0 bridgehead atoms. The summed E-state index contributed by atoms with van der Waals surface area (Å²) in [6.07, 6.45) is 3.76. The van der Waals surface area contributed by atoms with Crippen molar-refractivity contribution >= 4 is 28.7 Å². The lowest BCUT2D eigenvalue weighted by atomic mass is 10.1. The Labute approximate surface area is 157 Å². The number of benzene rings is 1. The first-order valence-electron chi connectivity index (χ1n) is 8.99. The Kier molecular flexibility index (Phi) is 5.36. The summed E-state index contributed by atoms with van der Waals surface area (Å²) in [5.41, 5.74) is 0.803. The summed E-state index contributed by atoms with van der Waals surface area (Å²) in [6.45, 7) is 6.02. The van der Waals surface area contributed by atoms with Gasteiger partial charge in [-0.15, -0.1) is 0 Å². The first-order chi connectivity index (χ1) is 12.8. The summed E-state index contributed by atoms with van der Waals surface area (Å²) >= 11 is 0. The van der Waals surface area contributed by atoms with Crippen molar-refractivity contribution in [2.75, 3.05) is 19.0 Å². The summed E-state index contributed by atoms with van der Waals surface area (Å²) in [4.78, 5) is 24.3. The molecule has 0 radical (unpaired) electrons. The zero-order valence-electron chi connectivity index (χ0n) is 16.1. The number of fused-ring (bicyclic) bond motifs is 1. The van der Waals surface area contributed by atoms with Crippen LogP contribution in [0.1, 0.15) is 56.6 Å². The largest absolute Gasteiger partial charge is 0.465 e. The van der Waals surface area contributed by atoms with Gasteiger partial charge in [0.25, 0.3) is 0 Å². The van der Waals surface area contributed by atoms with Crippen LogP contribution in [0.5, 0.6) is 0 Å². The highest BCUT2D eigenvalue weighted by Crippen LogP contribution is 2.31. The minimum absolute atomic E-state index is 0.196. The molecule has 2 heterocycles. The van der Waals surface area contributed by atoms with Crippen LogP contribution < -0.4 is 5.32 Å². The van der Waals surface area contributed by atoms with Crippen LogP contribution in [0.15, 0.2) is 18.3 Å². The molecule has 1 aromatic heterocycles. The third-order valence-electron chi connectivity index (χ3n) is 4.20. The Morgan fingerprint density at radius 1 is 1.30 bits per heavy atom. The second-order valence-electron chi connectivity index (χ2n) is 7.49. The van der Waals surface area contributed by atoms with E-state index in [9.17, 15) is 9.59 Å². The quantitative estimate of drug-likeness (QED) is 0.819. The van der Waals surface area contributed by atoms with Gasteiger partial charge in [0, 0.05) is 12.0 Å². The maximum Gasteiger partial charge on any atom is 0.412 e. The summed E-state index contributed by atoms with van der Waals surface area (Å²) in [7, 11) is 1.31. The molecule has 1 fully saturated rings. The van der Waals surface area contributed by atoms with Crippen LogP contribution in [0.3, 0.4) is 0 Å². The second kappa shape index (κ2) is 7.56. The number of esters is 1. The van der Waals surface area contributed by atoms with Gasteiger partial charge in [0.1, 0.15) is 5.60 Å². The molecule has 146 valence electrons. The van der Waals surface area contributed by atoms with Crippen LogP contribution in [-0.4, -0.2) is 41.2 Å². The molecule has 0 spiro atoms. The lowest BCUT2D eigenvalue weighted by molar-refractivity contribution is -0.0366. The molecular formula is C19H25N3O5. The average Bonchev–Trinajstić information content (AvgIpc) is 3.04. The van der Waals surface area contributed by atoms with Crippen LogP contribution in [0.25, 0.3) is 10.9 Å². The molecule has 1 saturated heterocycles. The van der Waals surface area contributed by atoms with Gasteiger partial charge in [-0.3, -0.25) is 5.32 Å². The highest BCUT2D eigenvalue weighted by atomic mass is 16.6. The van der Waals surface area contributed by atoms with E-state index in [0.29, 0.717) is 28.8 Å². The lowest BCUT2D eigenvalue weighted by Gasteiger charge is -2.23. The number of rotatable bonds is 3. The third-order valence-corrected chi connectivity index (χ3v) is 4.20. The topological polar surface area (TPSA) is 91.7 Å². The zero-order valence-corrected chi connectivity index (χ0v) is 16.1. The van der Waals surface area contributed by atoms with Crippen molar-refractivity contribution in [1.29, 1.82) is 0 Å². The standard InChI is InChI=1S/C19H25N3O5/c1-19(2,3)27-18(24)21-14-9-12(17(23)25-4)10-15-13(14)11-20-22(15)16-7-5-6-8-26-16/h9-11,16H,5-8H2,1-4H3,(H,21,24). The van der Waals surface area contributed by atoms with Gasteiger partial charge in [-0.1, -0.05) is 0 Å². The van der Waals surface area contributed by atoms with Gasteiger partial charge >= 0.3 is 12.1 Å². The fourth-order valence-electron chi connectivity index (χ4n) is 3.04. The number of aromatic nitrogens is 2. The van der Waals surface area contributed by atoms with Gasteiger partial charge < -0.3 is 14.2 Å². The van der Waals surface area contributed by atoms with Gasteiger partial charge in [0.05, 0.1) is 30.1 Å². The molecule has 0 saturated carbocycles. The Balaban J connectivity index is 2.02. The number of hydrogen-bond donors (Lipinski definition) is 1. The van der Waals surface area contributed by atoms with Crippen molar-refractivity contribution in [2.24, 2.45) is 0 Å². The van der Waals surface area contributed by atoms with E-state index in [-0.39, 0.29) is 6.23 Å². The van der Waals surface area contributed by atoms with Crippen molar-refractivity contribution in [2.45, 2.75) is 51.9 Å². The van der Waals surface area contributed by atoms with Crippen molar-refractivity contribution in [1.82, 2.24) is 9.78 Å². The number of carbonyl (C=O) groups excluding carboxylic acids is 2. The van der Waals surface area contributed by atoms with E-state index in [0.717, 1.165) is 19.3 Å². The smallest absolute Gasteiger partial charge is 0.412 e. The van der Waals surface area contributed by atoms with Gasteiger partial charge in [-0.05, 0) is 52.2 Å². The van der Waals surface area contributed by atoms with Crippen molar-refractivity contribution in [3.63, 3.8) is 0 Å². The van der Waals surface area contributed by atoms with E-state index < -0.39 is 17.7 Å². The molecule has 2 aromatic rings. The normalized spacial score (nSPS) is 17.6. The SMILES string of the molecule is COC(=O)c1cc(NC(=O)OC(C)(C)C)c2cnn(C3CCCCO3)c2c1. The zero-order chi connectivity index (χ0) is 19.6. The van der Waals surface area contributed by atoms with E-state index in [4.69, 9.17) is 14.2 Å². The van der Waals surface area contributed by atoms with Crippen molar-refractivity contribution in [3.8, 4) is 0 Å². The first kappa shape index (κ1) is 19.2. The number of carbonyl (C=O) groups is 2. The van der Waals surface area contributed by atoms with Crippen LogP contribution in [0, 0.1) is 0 Å². The van der Waals surface area contributed by atoms with E-state index in [2.05, 4.69) is 10.4 Å². The number of nitrogens with zero attached hydrogens (tertiary/aromatic N) is 2. The lowest BCUT2D eigenvalue weighted by Crippen LogP contribution is -2.27. The Morgan fingerprint density at radius 3 is 2.70 bits per heavy atom. The van der Waals surface area contributed by atoms with Crippen molar-refractivity contribution < 1.29 is 23.8 Å². The van der Waals surface area contributed by atoms with E-state index in [1.807, 2.05) is 0 Å². The molecule has 0 aliphatic carbocycles. The molecule has 27 heavy (non-hydrogen) atoms. The molecule has 1 unspecified atom stereocenters. The van der Waals surface area contributed by atoms with Crippen molar-refractivity contribution in [3.05, 3.63) is 23.9 Å². The highest BCUT2D eigenvalue weighted by molar-refractivity contribution is 6.04. The molecule has 3 rings (SSSR count). The van der Waals surface area contributed by atoms with Crippen LogP contribution in [0.4, 0.5) is 10.5 Å². The minimum Gasteiger partial charge on any atom is -0.465 e. The Morgan fingerprint density at radius 2 is 2.07 bits per heavy atom. The average molecular weight is 375 g/mol. The first-order valence-corrected chi connectivity index (χ1v) is 8.99. The fraction of sp³-hybridized carbons (Fsp3) is 0.526. The van der Waals surface area contributed by atoms with E-state index >= 15 is 0 Å². The predicted molar refractivity (Wildman–Crippen MR) is 99.8 cm³/mol. The van der Waals surface area contributed by atoms with E-state index in [1.54, 1.807) is 43.8 Å². The summed E-state index contributed by atoms with van der Waals surface area (Å²) in [5, 5.41) is 7.85. The monoisotopic (exact) mass is 375 g/mol. The number of ether oxygens (including phenoxy) is 3. The third kappa shape index (κ3) is 4.39. The number of amides is 1. The second-order valence-corrected chi connectivity index (χ2v) is 7.49. The Bertz CT molecular complexity index is 847. The summed E-state index contributed by atoms with van der Waals surface area (Å²) < 4.78 is 17.7. The molecule has 1 aliphatic heterocycles. The van der Waals surface area contributed by atoms with Crippen LogP contribution in [-0.2, 0) is 14.2 Å². The molecule has 1 atom stereocenters. The highest BCUT2D eigenvalue weighted by Gasteiger charge is 2.23. The molecule has 1 aliphatic rings. The number of nitrogens with one attached hydrogen (secondary N) is 1. The molecule has 1 amide bonds. The maximum atomic E-state index is 12.2. The van der Waals surface area contributed by atoms with Crippen LogP contribution in [0.2, 0.25) is 0 Å². The summed E-state index contributed by atoms with van der Waals surface area (Å²) in [5.74, 6) is -0.499. The molecular weight excluding hydrogens is 350 g/mol. The van der Waals surface area contributed by atoms with Gasteiger partial charge in [0.15, 0.2) is 6.23 Å². The van der Waals surface area contributed by atoms with E-state index in [1.165, 1.54) is 7.11 Å². The molecule has 1 N–H and O–H groups in total. The van der Waals surface area contributed by atoms with Gasteiger partial charge in [0.2, 0.25) is 0 Å². The van der Waals surface area contributed by atoms with Crippen LogP contribution >= 0.6 is 0 Å². The van der Waals surface area contributed by atoms with Gasteiger partial charge in [-0.2, -0.15) is 5.10 Å². The minimum atomic E-state index is -0.636.